The van der Waals surface area contributed by atoms with Gasteiger partial charge in [0.1, 0.15) is 39.3 Å². The number of aryl methyl sites for hydroxylation is 1. The van der Waals surface area contributed by atoms with E-state index >= 15 is 0 Å². The standard InChI is InChI=1S/C22H23F3N2O2.C16H18F3N3.C14H20F3N3.C14H13F3N2O3.C13H21BO3.C7H4BrF3N2O2.C7H9N.C2H2O2/c1-14-11-16(8-7-15-5-3-2-4-6-15)13-17(12-14)18-9-10-19(22(23,24)25)21(20(18)26)27(28)29;1-9-6-10(8-11(20)7-9)12-2-3-13(16(17,18)19)15-14(12)21-4-5-22-15;1-7-4-8(6-9(18)5-7)10-2-3-11(14(15,16)17)13(20)12(10)19;1-7-4-8(6-9(20)5-7)10-2-3-11(14(15,16)17)13(12(10)18)19(21)22;1-9-6-10(8-11(15)7-9)14-16-12(2,3)13(4,5)17-14;8-4-2-1-3(7(9,10)11)6(5(4)12)13(14)15;8-6-7-4-2-1-3-5-7;3-1-2-4/h2-6,9-10,13-14,16H,7-8,11-12,26H2,1H3;2-5,9-11H,6-8,20H2,1H3;2-3,7-9H,4-6,18-20H2,1H3;2-3,6-7H,4-5,18H2,1H3;8-9H,6-7H2,1-5H3;1-2H,12H2;1-5H,6,8H2;1-2H/t14-,16+;9-,10?,11-;7-,8?,9-;;;;;/m011...../s1. The van der Waals surface area contributed by atoms with Gasteiger partial charge in [0.2, 0.25) is 0 Å². The number of nitrogens with two attached hydrogens (primary N) is 8. The maximum atomic E-state index is 13.2. The average molecular weight is 2000 g/mol. The van der Waals surface area contributed by atoms with Crippen molar-refractivity contribution in [1.29, 1.82) is 0 Å². The minimum Gasteiger partial charge on any atom is -0.400 e. The SMILES string of the molecule is CC1CC(=O)C=C(B2OC(C)(C)C(C)(C)O2)C1.CC1CC(=O)C=C(c2ccc(C(F)(F)F)c([N+](=O)[O-])c2N)C1.C[C@@H]1CC(c2ccc(C(F)(F)F)c(N)c2N)C[C@H](N)C1.C[C@@H]1CC(c2ccc(C(F)(F)F)c([N+](=O)[O-])c2N)=C[C@H](CCc2ccccc2)C1.C[C@@H]1CC(c2ccc(C(F)(F)F)c3nccnc23)C[C@H](N)C1.NCc1ccccc1.Nc1c(Br)ccc(C(F)(F)F)c1[N+](=O)[O-].O=CC=O. The molecule has 0 radical (unpaired) electrons. The second kappa shape index (κ2) is 47.6. The average Bonchev–Trinajstić information content (AvgIpc) is 1.23. The van der Waals surface area contributed by atoms with E-state index in [0.29, 0.717) is 90.2 Å². The molecule has 3 fully saturated rings. The summed E-state index contributed by atoms with van der Waals surface area (Å²) in [6, 6.07) is 30.7. The zero-order valence-corrected chi connectivity index (χ0v) is 77.9. The minimum absolute atomic E-state index is 0.00764. The number of carbonyl (C=O) groups excluding carboxylic acids is 4. The normalized spacial score (nSPS) is 21.3. The smallest absolute Gasteiger partial charge is 0.400 e. The zero-order chi connectivity index (χ0) is 103. The van der Waals surface area contributed by atoms with Gasteiger partial charge in [-0.25, -0.2) is 0 Å². The van der Waals surface area contributed by atoms with Gasteiger partial charge in [-0.3, -0.25) is 59.5 Å². The second-order valence-corrected chi connectivity index (χ2v) is 36.8. The Kier molecular flexibility index (Phi) is 39.0. The fraction of sp³-hybridized carbons (Fsp3) is 0.432. The van der Waals surface area contributed by atoms with Crippen LogP contribution >= 0.6 is 15.9 Å². The molecule has 1 aliphatic heterocycles. The van der Waals surface area contributed by atoms with E-state index < -0.39 is 108 Å². The van der Waals surface area contributed by atoms with Gasteiger partial charge in [-0.05, 0) is 255 Å². The predicted octanol–water partition coefficient (Wildman–Crippen LogP) is 22.8. The highest BCUT2D eigenvalue weighted by Crippen LogP contribution is 2.51. The van der Waals surface area contributed by atoms with Crippen molar-refractivity contribution in [2.45, 2.75) is 225 Å². The molecule has 14 rings (SSSR count). The summed E-state index contributed by atoms with van der Waals surface area (Å²) in [6.07, 6.45) is -4.32. The van der Waals surface area contributed by atoms with E-state index in [1.54, 1.807) is 12.1 Å². The summed E-state index contributed by atoms with van der Waals surface area (Å²) >= 11 is 2.82. The molecule has 1 aromatic heterocycles. The molecule has 2 heterocycles. The van der Waals surface area contributed by atoms with Gasteiger partial charge in [0.05, 0.1) is 54.0 Å². The van der Waals surface area contributed by atoms with Crippen LogP contribution in [0.4, 0.5) is 111 Å². The van der Waals surface area contributed by atoms with Crippen LogP contribution in [0.1, 0.15) is 219 Å². The molecule has 42 heteroatoms. The summed E-state index contributed by atoms with van der Waals surface area (Å²) in [7, 11) is -0.355. The number of nitro benzene ring substituents is 3. The van der Waals surface area contributed by atoms with E-state index in [9.17, 15) is 106 Å². The summed E-state index contributed by atoms with van der Waals surface area (Å²) in [6.45, 7) is 19.0. The van der Waals surface area contributed by atoms with Crippen LogP contribution in [0.3, 0.4) is 0 Å². The monoisotopic (exact) mass is 2000 g/mol. The number of alkyl halides is 15. The van der Waals surface area contributed by atoms with Crippen molar-refractivity contribution < 1.29 is 109 Å². The lowest BCUT2D eigenvalue weighted by Crippen LogP contribution is -2.41. The van der Waals surface area contributed by atoms with Crippen LogP contribution in [0.15, 0.2) is 162 Å². The van der Waals surface area contributed by atoms with Crippen molar-refractivity contribution in [3.8, 4) is 0 Å². The van der Waals surface area contributed by atoms with E-state index in [1.165, 1.54) is 41.7 Å². The van der Waals surface area contributed by atoms with Crippen molar-refractivity contribution in [3.05, 3.63) is 253 Å². The quantitative estimate of drug-likeness (QED) is 0.0101. The maximum Gasteiger partial charge on any atom is 0.490 e. The Hall–Kier alpha value is -11.7. The number of aromatic nitrogens is 2. The fourth-order valence-corrected chi connectivity index (χ4v) is 17.7. The van der Waals surface area contributed by atoms with Crippen molar-refractivity contribution >= 4 is 115 Å². The molecule has 5 aliphatic carbocycles. The first-order chi connectivity index (χ1) is 63.6. The molecule has 25 nitrogen and oxygen atoms in total. The number of ketones is 2. The summed E-state index contributed by atoms with van der Waals surface area (Å²) in [5.74, 6) is 2.10. The Morgan fingerprint density at radius 3 is 1.26 bits per heavy atom. The van der Waals surface area contributed by atoms with Crippen LogP contribution in [0, 0.1) is 65.9 Å². The third-order valence-corrected chi connectivity index (χ3v) is 24.9. The van der Waals surface area contributed by atoms with Crippen LogP contribution in [-0.4, -0.2) is 79.3 Å². The van der Waals surface area contributed by atoms with E-state index in [0.717, 1.165) is 111 Å². The number of allylic oxidation sites excluding steroid dienone is 6. The number of carbonyl (C=O) groups is 4. The first-order valence-corrected chi connectivity index (χ1v) is 44.3. The van der Waals surface area contributed by atoms with Crippen molar-refractivity contribution in [3.63, 3.8) is 0 Å². The number of nitrogen functional groups attached to an aromatic ring is 5. The maximum absolute atomic E-state index is 13.2. The summed E-state index contributed by atoms with van der Waals surface area (Å²) in [5.41, 5.74) is 40.9. The Morgan fingerprint density at radius 2 is 0.839 bits per heavy atom. The largest absolute Gasteiger partial charge is 0.490 e. The Bertz CT molecular complexity index is 5650. The number of hydrogen-bond donors (Lipinski definition) is 8. The molecule has 742 valence electrons. The minimum atomic E-state index is -4.88. The molecular formula is C95H110BBrF15N13O12. The summed E-state index contributed by atoms with van der Waals surface area (Å²) < 4.78 is 205. The van der Waals surface area contributed by atoms with Crippen LogP contribution in [0.2, 0.25) is 0 Å². The summed E-state index contributed by atoms with van der Waals surface area (Å²) in [5, 5.41) is 32.8. The molecule has 7 aromatic carbocycles. The number of nitrogens with zero attached hydrogens (tertiary/aromatic N) is 5. The highest BCUT2D eigenvalue weighted by Gasteiger charge is 2.53. The Balaban J connectivity index is 0.000000220. The number of aldehydes is 2. The molecule has 0 amide bonds. The van der Waals surface area contributed by atoms with Crippen molar-refractivity contribution in [2.75, 3.05) is 28.7 Å². The van der Waals surface area contributed by atoms with Gasteiger partial charge >= 0.3 is 55.1 Å². The molecule has 4 unspecified atom stereocenters. The van der Waals surface area contributed by atoms with Gasteiger partial charge in [0.25, 0.3) is 0 Å². The third-order valence-electron chi connectivity index (χ3n) is 24.2. The van der Waals surface area contributed by atoms with Crippen molar-refractivity contribution in [1.82, 2.24) is 9.97 Å². The number of nitro groups is 3. The first kappa shape index (κ1) is 112. The zero-order valence-electron chi connectivity index (χ0n) is 76.3. The predicted molar refractivity (Wildman–Crippen MR) is 498 cm³/mol. The van der Waals surface area contributed by atoms with Crippen LogP contribution in [0.5, 0.6) is 0 Å². The summed E-state index contributed by atoms with van der Waals surface area (Å²) in [4.78, 5) is 78.3. The van der Waals surface area contributed by atoms with E-state index in [1.807, 2.05) is 89.2 Å². The first-order valence-electron chi connectivity index (χ1n) is 43.5. The van der Waals surface area contributed by atoms with Gasteiger partial charge in [-0.1, -0.05) is 126 Å². The van der Waals surface area contributed by atoms with E-state index in [4.69, 9.17) is 64.8 Å². The second-order valence-electron chi connectivity index (χ2n) is 35.9. The van der Waals surface area contributed by atoms with Gasteiger partial charge in [0, 0.05) is 59.5 Å². The molecule has 2 saturated carbocycles. The lowest BCUT2D eigenvalue weighted by molar-refractivity contribution is -0.387. The Morgan fingerprint density at radius 1 is 0.445 bits per heavy atom. The third kappa shape index (κ3) is 30.9. The molecular weight excluding hydrogens is 1890 g/mol. The van der Waals surface area contributed by atoms with Crippen molar-refractivity contribution in [2.24, 2.45) is 52.7 Å². The molecule has 6 aliphatic rings. The number of rotatable bonds is 13. The lowest BCUT2D eigenvalue weighted by atomic mass is 9.70. The molecule has 0 bridgehead atoms. The lowest BCUT2D eigenvalue weighted by Gasteiger charge is -2.32. The molecule has 8 aromatic rings. The number of fused-ring (bicyclic) bond motifs is 1. The van der Waals surface area contributed by atoms with Gasteiger partial charge in [-0.2, -0.15) is 65.9 Å². The van der Waals surface area contributed by atoms with E-state index in [-0.39, 0.29) is 105 Å². The number of anilines is 5. The Labute approximate surface area is 789 Å². The topological polar surface area (TPSA) is 450 Å². The van der Waals surface area contributed by atoms with Crippen LogP contribution in [0.25, 0.3) is 22.2 Å². The van der Waals surface area contributed by atoms with Gasteiger partial charge in [-0.15, -0.1) is 0 Å². The van der Waals surface area contributed by atoms with E-state index in [2.05, 4.69) is 65.7 Å². The highest BCUT2D eigenvalue weighted by molar-refractivity contribution is 9.10. The molecule has 1 saturated heterocycles. The number of benzene rings is 7. The van der Waals surface area contributed by atoms with Gasteiger partial charge in [0.15, 0.2) is 24.1 Å². The van der Waals surface area contributed by atoms with Gasteiger partial charge < -0.3 is 55.2 Å². The molecule has 10 atom stereocenters. The van der Waals surface area contributed by atoms with Crippen LogP contribution in [-0.2, 0) is 72.3 Å². The fourth-order valence-electron chi connectivity index (χ4n) is 17.3. The molecule has 0 spiro atoms. The number of hydrogen-bond acceptors (Lipinski definition) is 22. The molecule has 137 heavy (non-hydrogen) atoms. The highest BCUT2D eigenvalue weighted by atomic mass is 79.9. The van der Waals surface area contributed by atoms with Crippen LogP contribution < -0.4 is 45.9 Å². The molecule has 16 N–H and O–H groups in total. The number of halogens is 16.